The van der Waals surface area contributed by atoms with Gasteiger partial charge in [-0.3, -0.25) is 4.79 Å². The first-order valence-corrected chi connectivity index (χ1v) is 10.8. The lowest BCUT2D eigenvalue weighted by Crippen LogP contribution is -2.26. The minimum atomic E-state index is -1.13. The number of rotatable bonds is 7. The van der Waals surface area contributed by atoms with E-state index in [0.717, 1.165) is 6.04 Å². The van der Waals surface area contributed by atoms with Crippen molar-refractivity contribution in [1.29, 1.82) is 0 Å². The smallest absolute Gasteiger partial charge is 0.362 e. The lowest BCUT2D eigenvalue weighted by Gasteiger charge is -2.16. The minimum Gasteiger partial charge on any atom is -0.461 e. The third-order valence-corrected chi connectivity index (χ3v) is 4.54. The van der Waals surface area contributed by atoms with Crippen LogP contribution in [0, 0.1) is 6.92 Å². The van der Waals surface area contributed by atoms with Gasteiger partial charge in [0.25, 0.3) is 0 Å². The third kappa shape index (κ3) is 5.80. The Kier molecular flexibility index (Phi) is 6.29. The van der Waals surface area contributed by atoms with Crippen molar-refractivity contribution >= 4 is 14.0 Å². The molecule has 6 nitrogen and oxygen atoms in total. The Balaban J connectivity index is 2.76. The molecule has 0 spiro atoms. The van der Waals surface area contributed by atoms with Crippen molar-refractivity contribution in [3.05, 3.63) is 27.7 Å². The second-order valence-electron chi connectivity index (χ2n) is 6.10. The van der Waals surface area contributed by atoms with Crippen LogP contribution in [0.1, 0.15) is 23.0 Å². The topological polar surface area (TPSA) is 70.4 Å². The molecule has 0 saturated carbocycles. The molecule has 0 radical (unpaired) electrons. The maximum absolute atomic E-state index is 11.9. The van der Waals surface area contributed by atoms with Crippen LogP contribution < -0.4 is 5.43 Å². The molecule has 0 unspecified atom stereocenters. The third-order valence-electron chi connectivity index (χ3n) is 2.83. The maximum Gasteiger partial charge on any atom is 0.362 e. The summed E-state index contributed by atoms with van der Waals surface area (Å²) in [6, 6.07) is 1.05. The van der Waals surface area contributed by atoms with E-state index in [1.54, 1.807) is 20.0 Å². The van der Waals surface area contributed by atoms with Crippen molar-refractivity contribution in [2.75, 3.05) is 13.2 Å². The molecule has 1 heterocycles. The standard InChI is InChI=1S/C14H24N2O4Si/c1-6-20-14(18)12-13(17)11(2)9-16(15-12)10-19-7-8-21(3,4)5/h9H,6-8,10H2,1-5H3. The first kappa shape index (κ1) is 17.6. The van der Waals surface area contributed by atoms with Gasteiger partial charge in [-0.2, -0.15) is 5.10 Å². The molecule has 0 atom stereocenters. The molecule has 0 aliphatic heterocycles. The van der Waals surface area contributed by atoms with Gasteiger partial charge in [-0.15, -0.1) is 0 Å². The molecule has 0 bridgehead atoms. The first-order chi connectivity index (χ1) is 9.74. The van der Waals surface area contributed by atoms with Crippen LogP contribution in [-0.4, -0.2) is 37.0 Å². The van der Waals surface area contributed by atoms with E-state index < -0.39 is 19.5 Å². The van der Waals surface area contributed by atoms with Crippen molar-refractivity contribution in [3.8, 4) is 0 Å². The van der Waals surface area contributed by atoms with E-state index in [1.165, 1.54) is 4.68 Å². The fourth-order valence-corrected chi connectivity index (χ4v) is 2.36. The maximum atomic E-state index is 11.9. The van der Waals surface area contributed by atoms with Crippen LogP contribution in [0.2, 0.25) is 25.7 Å². The SMILES string of the molecule is CCOC(=O)c1nn(COCC[Si](C)(C)C)cc(C)c1=O. The molecule has 0 fully saturated rings. The second-order valence-corrected chi connectivity index (χ2v) is 11.7. The Morgan fingerprint density at radius 2 is 2.05 bits per heavy atom. The Labute approximate surface area is 126 Å². The van der Waals surface area contributed by atoms with E-state index in [1.807, 2.05) is 0 Å². The van der Waals surface area contributed by atoms with Gasteiger partial charge >= 0.3 is 5.97 Å². The van der Waals surface area contributed by atoms with Crippen molar-refractivity contribution in [3.63, 3.8) is 0 Å². The van der Waals surface area contributed by atoms with Crippen LogP contribution in [0.25, 0.3) is 0 Å². The summed E-state index contributed by atoms with van der Waals surface area (Å²) in [6.45, 7) is 11.2. The predicted molar refractivity (Wildman–Crippen MR) is 83.3 cm³/mol. The number of carbonyl (C=O) groups is 1. The Morgan fingerprint density at radius 3 is 2.62 bits per heavy atom. The van der Waals surface area contributed by atoms with Gasteiger partial charge in [0.1, 0.15) is 6.73 Å². The van der Waals surface area contributed by atoms with Crippen molar-refractivity contribution in [2.45, 2.75) is 46.3 Å². The summed E-state index contributed by atoms with van der Waals surface area (Å²) >= 11 is 0. The summed E-state index contributed by atoms with van der Waals surface area (Å²) in [5.74, 6) is -0.693. The lowest BCUT2D eigenvalue weighted by atomic mass is 10.2. The van der Waals surface area contributed by atoms with E-state index in [-0.39, 0.29) is 19.0 Å². The normalized spacial score (nSPS) is 11.5. The Hall–Kier alpha value is -1.47. The number of esters is 1. The summed E-state index contributed by atoms with van der Waals surface area (Å²) in [4.78, 5) is 23.6. The monoisotopic (exact) mass is 312 g/mol. The zero-order chi connectivity index (χ0) is 16.0. The number of nitrogens with zero attached hydrogens (tertiary/aromatic N) is 2. The number of aryl methyl sites for hydroxylation is 1. The largest absolute Gasteiger partial charge is 0.461 e. The number of ether oxygens (including phenoxy) is 2. The fourth-order valence-electron chi connectivity index (χ4n) is 1.61. The van der Waals surface area contributed by atoms with E-state index in [9.17, 15) is 9.59 Å². The lowest BCUT2D eigenvalue weighted by molar-refractivity contribution is 0.0501. The molecule has 1 aromatic heterocycles. The highest BCUT2D eigenvalue weighted by Gasteiger charge is 2.16. The number of hydrogen-bond donors (Lipinski definition) is 0. The van der Waals surface area contributed by atoms with Crippen LogP contribution in [0.5, 0.6) is 0 Å². The van der Waals surface area contributed by atoms with E-state index >= 15 is 0 Å². The van der Waals surface area contributed by atoms with Gasteiger partial charge in [-0.1, -0.05) is 19.6 Å². The highest BCUT2D eigenvalue weighted by Crippen LogP contribution is 2.07. The molecular formula is C14H24N2O4Si. The predicted octanol–water partition coefficient (Wildman–Crippen LogP) is 2.04. The molecule has 21 heavy (non-hydrogen) atoms. The van der Waals surface area contributed by atoms with Gasteiger partial charge in [-0.25, -0.2) is 9.48 Å². The molecule has 7 heteroatoms. The number of carbonyl (C=O) groups excluding carboxylic acids is 1. The van der Waals surface area contributed by atoms with Crippen LogP contribution in [0.3, 0.4) is 0 Å². The van der Waals surface area contributed by atoms with Gasteiger partial charge in [-0.05, 0) is 19.9 Å². The summed E-state index contributed by atoms with van der Waals surface area (Å²) < 4.78 is 11.9. The Bertz CT molecular complexity index is 549. The van der Waals surface area contributed by atoms with Crippen molar-refractivity contribution < 1.29 is 14.3 Å². The molecule has 0 saturated heterocycles. The van der Waals surface area contributed by atoms with Gasteiger partial charge in [0.15, 0.2) is 0 Å². The zero-order valence-electron chi connectivity index (χ0n) is 13.4. The average Bonchev–Trinajstić information content (AvgIpc) is 2.37. The molecule has 0 amide bonds. The highest BCUT2D eigenvalue weighted by atomic mass is 28.3. The minimum absolute atomic E-state index is 0.189. The second kappa shape index (κ2) is 7.51. The van der Waals surface area contributed by atoms with Gasteiger partial charge in [0, 0.05) is 26.4 Å². The quantitative estimate of drug-likeness (QED) is 0.438. The fraction of sp³-hybridized carbons (Fsp3) is 0.643. The highest BCUT2D eigenvalue weighted by molar-refractivity contribution is 6.76. The molecule has 0 aromatic carbocycles. The van der Waals surface area contributed by atoms with Crippen LogP contribution >= 0.6 is 0 Å². The van der Waals surface area contributed by atoms with Crippen molar-refractivity contribution in [1.82, 2.24) is 9.78 Å². The molecule has 118 valence electrons. The van der Waals surface area contributed by atoms with Gasteiger partial charge < -0.3 is 9.47 Å². The molecule has 0 aliphatic carbocycles. The van der Waals surface area contributed by atoms with Crippen molar-refractivity contribution in [2.24, 2.45) is 0 Å². The average molecular weight is 312 g/mol. The van der Waals surface area contributed by atoms with Crippen LogP contribution in [0.15, 0.2) is 11.0 Å². The van der Waals surface area contributed by atoms with E-state index in [2.05, 4.69) is 24.7 Å². The number of aromatic nitrogens is 2. The summed E-state index contributed by atoms with van der Waals surface area (Å²) in [5, 5.41) is 4.00. The summed E-state index contributed by atoms with van der Waals surface area (Å²) in [5.41, 5.74) is -0.140. The molecular weight excluding hydrogens is 288 g/mol. The first-order valence-electron chi connectivity index (χ1n) is 7.08. The number of hydrogen-bond acceptors (Lipinski definition) is 5. The summed E-state index contributed by atoms with van der Waals surface area (Å²) in [7, 11) is -1.13. The van der Waals surface area contributed by atoms with E-state index in [0.29, 0.717) is 12.2 Å². The van der Waals surface area contributed by atoms with E-state index in [4.69, 9.17) is 9.47 Å². The summed E-state index contributed by atoms with van der Waals surface area (Å²) in [6.07, 6.45) is 1.58. The molecule has 1 aromatic rings. The molecule has 1 rings (SSSR count). The molecule has 0 N–H and O–H groups in total. The zero-order valence-corrected chi connectivity index (χ0v) is 14.4. The van der Waals surface area contributed by atoms with Crippen LogP contribution in [-0.2, 0) is 16.2 Å². The van der Waals surface area contributed by atoms with Gasteiger partial charge in [0.05, 0.1) is 6.61 Å². The van der Waals surface area contributed by atoms with Crippen LogP contribution in [0.4, 0.5) is 0 Å². The Morgan fingerprint density at radius 1 is 1.38 bits per heavy atom. The van der Waals surface area contributed by atoms with Gasteiger partial charge in [0.2, 0.25) is 11.1 Å². The molecule has 0 aliphatic rings.